The van der Waals surface area contributed by atoms with Gasteiger partial charge in [-0.1, -0.05) is 60.3 Å². The maximum atomic E-state index is 13.0. The van der Waals surface area contributed by atoms with E-state index in [4.69, 9.17) is 4.74 Å². The van der Waals surface area contributed by atoms with Crippen molar-refractivity contribution >= 4 is 17.7 Å². The van der Waals surface area contributed by atoms with E-state index in [-0.39, 0.29) is 12.5 Å². The fourth-order valence-electron chi connectivity index (χ4n) is 4.08. The monoisotopic (exact) mass is 524 g/mol. The Morgan fingerprint density at radius 2 is 1.79 bits per heavy atom. The minimum atomic E-state index is -0.175. The van der Waals surface area contributed by atoms with Crippen molar-refractivity contribution in [3.8, 4) is 11.4 Å². The molecule has 8 nitrogen and oxygen atoms in total. The molecule has 2 heterocycles. The Balaban J connectivity index is 1.32. The quantitative estimate of drug-likeness (QED) is 0.250. The smallest absolute Gasteiger partial charge is 0.251 e. The van der Waals surface area contributed by atoms with Crippen molar-refractivity contribution in [3.63, 3.8) is 0 Å². The number of nitrogens with zero attached hydrogens (tertiary/aromatic N) is 5. The molecule has 192 valence electrons. The number of methoxy groups -OCH3 is 1. The summed E-state index contributed by atoms with van der Waals surface area (Å²) in [5.74, 6) is 2.05. The third kappa shape index (κ3) is 6.30. The van der Waals surface area contributed by atoms with Crippen LogP contribution in [-0.2, 0) is 19.5 Å². The molecule has 0 saturated carbocycles. The second-order valence-electron chi connectivity index (χ2n) is 8.61. The van der Waals surface area contributed by atoms with Gasteiger partial charge in [0.2, 0.25) is 0 Å². The van der Waals surface area contributed by atoms with Crippen LogP contribution < -0.4 is 10.1 Å². The number of carbonyl (C=O) groups excluding carboxylic acids is 1. The predicted octanol–water partition coefficient (Wildman–Crippen LogP) is 4.79. The fraction of sp³-hybridized carbons (Fsp3) is 0.172. The van der Waals surface area contributed by atoms with Crippen LogP contribution in [0.4, 0.5) is 0 Å². The van der Waals surface area contributed by atoms with Crippen molar-refractivity contribution < 1.29 is 9.53 Å². The van der Waals surface area contributed by atoms with E-state index in [1.807, 2.05) is 82.2 Å². The average Bonchev–Trinajstić information content (AvgIpc) is 3.62. The van der Waals surface area contributed by atoms with Crippen molar-refractivity contribution in [2.24, 2.45) is 0 Å². The summed E-state index contributed by atoms with van der Waals surface area (Å²) in [6, 6.07) is 27.5. The molecular formula is C29H28N6O2S. The van der Waals surface area contributed by atoms with Gasteiger partial charge in [-0.2, -0.15) is 5.10 Å². The van der Waals surface area contributed by atoms with Crippen LogP contribution in [0.25, 0.3) is 5.69 Å². The summed E-state index contributed by atoms with van der Waals surface area (Å²) in [5.41, 5.74) is 3.73. The Bertz CT molecular complexity index is 1480. The van der Waals surface area contributed by atoms with Gasteiger partial charge in [0.05, 0.1) is 25.9 Å². The summed E-state index contributed by atoms with van der Waals surface area (Å²) in [4.78, 5) is 13.0. The Morgan fingerprint density at radius 3 is 2.61 bits per heavy atom. The zero-order valence-electron chi connectivity index (χ0n) is 21.0. The molecule has 0 bridgehead atoms. The number of hydrogen-bond donors (Lipinski definition) is 1. The van der Waals surface area contributed by atoms with Crippen molar-refractivity contribution in [3.05, 3.63) is 120 Å². The number of hydrogen-bond acceptors (Lipinski definition) is 6. The van der Waals surface area contributed by atoms with Crippen molar-refractivity contribution in [1.29, 1.82) is 0 Å². The number of aromatic nitrogens is 5. The lowest BCUT2D eigenvalue weighted by Gasteiger charge is -2.12. The largest absolute Gasteiger partial charge is 0.497 e. The van der Waals surface area contributed by atoms with Crippen molar-refractivity contribution in [2.45, 2.75) is 24.7 Å². The van der Waals surface area contributed by atoms with Gasteiger partial charge < -0.3 is 10.1 Å². The second-order valence-corrected chi connectivity index (χ2v) is 9.67. The topological polar surface area (TPSA) is 86.9 Å². The number of rotatable bonds is 11. The summed E-state index contributed by atoms with van der Waals surface area (Å²) < 4.78 is 9.24. The molecule has 5 aromatic rings. The molecule has 38 heavy (non-hydrogen) atoms. The van der Waals surface area contributed by atoms with E-state index in [0.29, 0.717) is 17.9 Å². The van der Waals surface area contributed by atoms with Crippen LogP contribution in [0.5, 0.6) is 5.75 Å². The molecule has 0 spiro atoms. The first-order valence-corrected chi connectivity index (χ1v) is 13.3. The van der Waals surface area contributed by atoms with Gasteiger partial charge in [0.15, 0.2) is 11.0 Å². The van der Waals surface area contributed by atoms with Crippen LogP contribution in [0.1, 0.15) is 27.3 Å². The number of thioether (sulfide) groups is 1. The molecule has 0 radical (unpaired) electrons. The molecule has 9 heteroatoms. The molecule has 0 aliphatic heterocycles. The van der Waals surface area contributed by atoms with E-state index in [0.717, 1.165) is 34.3 Å². The number of ether oxygens (including phenoxy) is 1. The lowest BCUT2D eigenvalue weighted by molar-refractivity contribution is 0.0949. The van der Waals surface area contributed by atoms with Crippen LogP contribution >= 0.6 is 11.8 Å². The molecule has 0 fully saturated rings. The van der Waals surface area contributed by atoms with Crippen molar-refractivity contribution in [1.82, 2.24) is 29.9 Å². The predicted molar refractivity (Wildman–Crippen MR) is 148 cm³/mol. The Kier molecular flexibility index (Phi) is 8.15. The highest BCUT2D eigenvalue weighted by Crippen LogP contribution is 2.25. The highest BCUT2D eigenvalue weighted by Gasteiger charge is 2.17. The summed E-state index contributed by atoms with van der Waals surface area (Å²) in [5, 5.41) is 16.9. The number of benzene rings is 3. The molecule has 0 atom stereocenters. The van der Waals surface area contributed by atoms with Gasteiger partial charge in [-0.05, 0) is 47.9 Å². The third-order valence-corrected chi connectivity index (χ3v) is 6.91. The summed E-state index contributed by atoms with van der Waals surface area (Å²) in [6.07, 6.45) is 4.55. The minimum Gasteiger partial charge on any atom is -0.497 e. The molecule has 5 rings (SSSR count). The maximum Gasteiger partial charge on any atom is 0.251 e. The van der Waals surface area contributed by atoms with E-state index in [1.165, 1.54) is 5.56 Å². The molecule has 1 N–H and O–H groups in total. The van der Waals surface area contributed by atoms with Crippen LogP contribution in [-0.4, -0.2) is 43.3 Å². The highest BCUT2D eigenvalue weighted by molar-refractivity contribution is 7.99. The van der Waals surface area contributed by atoms with Gasteiger partial charge in [-0.3, -0.25) is 14.0 Å². The van der Waals surface area contributed by atoms with Crippen LogP contribution in [0.15, 0.2) is 102 Å². The molecule has 3 aromatic carbocycles. The number of aryl methyl sites for hydroxylation is 1. The van der Waals surface area contributed by atoms with Gasteiger partial charge in [-0.15, -0.1) is 10.2 Å². The molecule has 1 amide bonds. The van der Waals surface area contributed by atoms with Gasteiger partial charge in [0.1, 0.15) is 5.75 Å². The first kappa shape index (κ1) is 25.3. The zero-order valence-corrected chi connectivity index (χ0v) is 21.8. The van der Waals surface area contributed by atoms with E-state index >= 15 is 0 Å². The summed E-state index contributed by atoms with van der Waals surface area (Å²) in [7, 11) is 1.64. The Labute approximate surface area is 225 Å². The highest BCUT2D eigenvalue weighted by atomic mass is 32.2. The standard InChI is InChI=1S/C29H28N6O2S/c1-37-26-13-6-12-25(19-26)35-27(32-33-29(35)38-17-14-22-8-3-2-4-9-22)20-30-28(36)24-11-5-10-23(18-24)21-34-16-7-15-31-34/h2-13,15-16,18-19H,14,17,20-21H2,1H3,(H,30,36). The van der Waals surface area contributed by atoms with Gasteiger partial charge in [0, 0.05) is 29.8 Å². The van der Waals surface area contributed by atoms with E-state index in [9.17, 15) is 4.79 Å². The summed E-state index contributed by atoms with van der Waals surface area (Å²) >= 11 is 1.63. The minimum absolute atomic E-state index is 0.175. The molecule has 0 aliphatic carbocycles. The summed E-state index contributed by atoms with van der Waals surface area (Å²) in [6.45, 7) is 0.827. The molecule has 0 aliphatic rings. The van der Waals surface area contributed by atoms with E-state index in [2.05, 4.69) is 32.7 Å². The lowest BCUT2D eigenvalue weighted by Crippen LogP contribution is -2.25. The molecular weight excluding hydrogens is 496 g/mol. The zero-order chi connectivity index (χ0) is 26.2. The van der Waals surface area contributed by atoms with E-state index < -0.39 is 0 Å². The number of amides is 1. The van der Waals surface area contributed by atoms with Gasteiger partial charge in [0.25, 0.3) is 5.91 Å². The molecule has 0 unspecified atom stereocenters. The Hall–Kier alpha value is -4.37. The normalized spacial score (nSPS) is 10.9. The number of carbonyl (C=O) groups is 1. The van der Waals surface area contributed by atoms with Gasteiger partial charge in [-0.25, -0.2) is 0 Å². The van der Waals surface area contributed by atoms with Gasteiger partial charge >= 0.3 is 0 Å². The maximum absolute atomic E-state index is 13.0. The molecule has 2 aromatic heterocycles. The first-order chi connectivity index (χ1) is 18.7. The lowest BCUT2D eigenvalue weighted by atomic mass is 10.1. The third-order valence-electron chi connectivity index (χ3n) is 5.98. The SMILES string of the molecule is COc1cccc(-n2c(CNC(=O)c3cccc(Cn4cccn4)c3)nnc2SCCc2ccccc2)c1. The first-order valence-electron chi connectivity index (χ1n) is 12.3. The second kappa shape index (κ2) is 12.2. The molecule has 0 saturated heterocycles. The van der Waals surface area contributed by atoms with E-state index in [1.54, 1.807) is 31.1 Å². The fourth-order valence-corrected chi connectivity index (χ4v) is 5.03. The number of nitrogens with one attached hydrogen (secondary N) is 1. The van der Waals surface area contributed by atoms with Crippen LogP contribution in [0, 0.1) is 0 Å². The van der Waals surface area contributed by atoms with Crippen LogP contribution in [0.2, 0.25) is 0 Å². The Morgan fingerprint density at radius 1 is 0.947 bits per heavy atom. The van der Waals surface area contributed by atoms with Crippen LogP contribution in [0.3, 0.4) is 0 Å². The average molecular weight is 525 g/mol. The van der Waals surface area contributed by atoms with Crippen molar-refractivity contribution in [2.75, 3.05) is 12.9 Å².